The van der Waals surface area contributed by atoms with E-state index in [1.165, 1.54) is 27.7 Å². The smallest absolute Gasteiger partial charge is 0.206 e. The molecule has 0 atom stereocenters. The van der Waals surface area contributed by atoms with Crippen LogP contribution in [0.25, 0.3) is 33.1 Å². The minimum absolute atomic E-state index is 0. The molecule has 0 bridgehead atoms. The molecule has 5 heterocycles. The van der Waals surface area contributed by atoms with E-state index >= 15 is 0 Å². The molecule has 0 saturated carbocycles. The predicted octanol–water partition coefficient (Wildman–Crippen LogP) is 9.36. The lowest BCUT2D eigenvalue weighted by Gasteiger charge is -2.36. The van der Waals surface area contributed by atoms with Gasteiger partial charge >= 0.3 is 0 Å². The zero-order chi connectivity index (χ0) is 41.2. The molecule has 11 heteroatoms. The molecule has 3 aromatic heterocycles. The topological polar surface area (TPSA) is 84.0 Å². The van der Waals surface area contributed by atoms with Crippen LogP contribution < -0.4 is 20.4 Å². The lowest BCUT2D eigenvalue weighted by atomic mass is 10.2. The Labute approximate surface area is 369 Å². The highest BCUT2D eigenvalue weighted by Gasteiger charge is 2.26. The van der Waals surface area contributed by atoms with Gasteiger partial charge in [-0.25, -0.2) is 15.0 Å². The van der Waals surface area contributed by atoms with Crippen molar-refractivity contribution in [1.29, 1.82) is 0 Å². The normalized spacial score (nSPS) is 13.9. The Balaban J connectivity index is 0.000000181. The SMILES string of the molecule is C.C1CNCCN1.Clc1nc2ccccc2n1Cc1ccccc1.c1ccc(Cn2c(N3CCN(c4nc5ccccc5n4Cc4ccccc4)CC3)nc3ccccc32)cc1. The molecule has 2 fully saturated rings. The minimum Gasteiger partial charge on any atom is -0.339 e. The lowest BCUT2D eigenvalue weighted by molar-refractivity contribution is 0.534. The molecule has 0 amide bonds. The Morgan fingerprint density at radius 3 is 1.06 bits per heavy atom. The van der Waals surface area contributed by atoms with Crippen LogP contribution in [0, 0.1) is 0 Å². The molecule has 11 rings (SSSR count). The van der Waals surface area contributed by atoms with E-state index in [-0.39, 0.29) is 7.43 Å². The van der Waals surface area contributed by atoms with E-state index in [9.17, 15) is 0 Å². The summed E-state index contributed by atoms with van der Waals surface area (Å²) in [6.45, 7) is 10.5. The van der Waals surface area contributed by atoms with E-state index in [0.717, 1.165) is 106 Å². The molecule has 0 radical (unpaired) electrons. The Morgan fingerprint density at radius 2 is 0.694 bits per heavy atom. The second-order valence-corrected chi connectivity index (χ2v) is 15.7. The van der Waals surface area contributed by atoms with Gasteiger partial charge in [-0.05, 0) is 64.7 Å². The Bertz CT molecular complexity index is 2630. The van der Waals surface area contributed by atoms with Crippen molar-refractivity contribution in [2.75, 3.05) is 62.2 Å². The van der Waals surface area contributed by atoms with Crippen molar-refractivity contribution >= 4 is 56.6 Å². The van der Waals surface area contributed by atoms with Crippen molar-refractivity contribution in [2.45, 2.75) is 27.1 Å². The zero-order valence-electron chi connectivity index (χ0n) is 34.3. The summed E-state index contributed by atoms with van der Waals surface area (Å²) in [5.41, 5.74) is 10.2. The third-order valence-corrected chi connectivity index (χ3v) is 11.5. The number of rotatable bonds is 8. The summed E-state index contributed by atoms with van der Waals surface area (Å²) in [4.78, 5) is 19.4. The van der Waals surface area contributed by atoms with Crippen molar-refractivity contribution in [3.8, 4) is 0 Å². The van der Waals surface area contributed by atoms with Crippen molar-refractivity contribution in [3.05, 3.63) is 186 Å². The summed E-state index contributed by atoms with van der Waals surface area (Å²) in [5.74, 6) is 2.10. The van der Waals surface area contributed by atoms with Crippen molar-refractivity contribution < 1.29 is 0 Å². The van der Waals surface area contributed by atoms with Crippen LogP contribution in [0.15, 0.2) is 164 Å². The Morgan fingerprint density at radius 1 is 0.387 bits per heavy atom. The fourth-order valence-corrected chi connectivity index (χ4v) is 8.37. The summed E-state index contributed by atoms with van der Waals surface area (Å²) in [6, 6.07) is 56.5. The molecule has 0 spiro atoms. The molecular weight excluding hydrogens is 788 g/mol. The largest absolute Gasteiger partial charge is 0.339 e. The van der Waals surface area contributed by atoms with Crippen LogP contribution in [0.3, 0.4) is 0 Å². The molecule has 0 unspecified atom stereocenters. The van der Waals surface area contributed by atoms with Gasteiger partial charge in [0.1, 0.15) is 0 Å². The van der Waals surface area contributed by atoms with Crippen LogP contribution in [-0.4, -0.2) is 81.0 Å². The van der Waals surface area contributed by atoms with Gasteiger partial charge in [-0.15, -0.1) is 0 Å². The summed E-state index contributed by atoms with van der Waals surface area (Å²) in [6.07, 6.45) is 0. The molecule has 62 heavy (non-hydrogen) atoms. The summed E-state index contributed by atoms with van der Waals surface area (Å²) >= 11 is 6.17. The molecule has 9 aromatic rings. The molecule has 0 aliphatic carbocycles. The van der Waals surface area contributed by atoms with Crippen LogP contribution in [0.4, 0.5) is 11.9 Å². The van der Waals surface area contributed by atoms with E-state index in [2.05, 4.69) is 156 Å². The zero-order valence-corrected chi connectivity index (χ0v) is 35.1. The van der Waals surface area contributed by atoms with E-state index in [0.29, 0.717) is 5.28 Å². The monoisotopic (exact) mass is 842 g/mol. The number of hydrogen-bond donors (Lipinski definition) is 2. The van der Waals surface area contributed by atoms with Crippen LogP contribution in [0.5, 0.6) is 0 Å². The fourth-order valence-electron chi connectivity index (χ4n) is 8.12. The molecule has 2 N–H and O–H groups in total. The first-order valence-electron chi connectivity index (χ1n) is 21.2. The van der Waals surface area contributed by atoms with Crippen LogP contribution >= 0.6 is 11.6 Å². The van der Waals surface area contributed by atoms with Gasteiger partial charge in [-0.3, -0.25) is 0 Å². The average molecular weight is 844 g/mol. The third-order valence-electron chi connectivity index (χ3n) is 11.2. The summed E-state index contributed by atoms with van der Waals surface area (Å²) in [7, 11) is 0. The highest BCUT2D eigenvalue weighted by molar-refractivity contribution is 6.29. The second kappa shape index (κ2) is 20.4. The highest BCUT2D eigenvalue weighted by atomic mass is 35.5. The van der Waals surface area contributed by atoms with Gasteiger partial charge in [0.25, 0.3) is 0 Å². The quantitative estimate of drug-likeness (QED) is 0.158. The highest BCUT2D eigenvalue weighted by Crippen LogP contribution is 2.29. The van der Waals surface area contributed by atoms with E-state index in [1.54, 1.807) is 0 Å². The number of para-hydroxylation sites is 6. The van der Waals surface area contributed by atoms with Crippen molar-refractivity contribution in [3.63, 3.8) is 0 Å². The number of imidazole rings is 3. The lowest BCUT2D eigenvalue weighted by Crippen LogP contribution is -2.48. The number of benzene rings is 6. The third kappa shape index (κ3) is 9.84. The second-order valence-electron chi connectivity index (χ2n) is 15.4. The van der Waals surface area contributed by atoms with E-state index in [1.807, 2.05) is 47.0 Å². The Hall–Kier alpha value is -6.46. The van der Waals surface area contributed by atoms with Crippen LogP contribution in [0.2, 0.25) is 5.28 Å². The number of hydrogen-bond acceptors (Lipinski definition) is 7. The van der Waals surface area contributed by atoms with Gasteiger partial charge in [0.2, 0.25) is 17.2 Å². The van der Waals surface area contributed by atoms with Crippen molar-refractivity contribution in [2.24, 2.45) is 0 Å². The summed E-state index contributed by atoms with van der Waals surface area (Å²) in [5, 5.41) is 6.98. The van der Waals surface area contributed by atoms with E-state index < -0.39 is 0 Å². The maximum atomic E-state index is 6.17. The number of fused-ring (bicyclic) bond motifs is 3. The number of nitrogens with one attached hydrogen (secondary N) is 2. The minimum atomic E-state index is 0. The maximum Gasteiger partial charge on any atom is 0.206 e. The fraction of sp³-hybridized carbons (Fsp3) is 0.235. The van der Waals surface area contributed by atoms with Crippen LogP contribution in [-0.2, 0) is 19.6 Å². The summed E-state index contributed by atoms with van der Waals surface area (Å²) < 4.78 is 6.75. The van der Waals surface area contributed by atoms with Gasteiger partial charge in [0.05, 0.1) is 52.7 Å². The van der Waals surface area contributed by atoms with Gasteiger partial charge in [-0.2, -0.15) is 0 Å². The van der Waals surface area contributed by atoms with Gasteiger partial charge in [-0.1, -0.05) is 135 Å². The molecule has 6 aromatic carbocycles. The average Bonchev–Trinajstić information content (AvgIpc) is 3.99. The standard InChI is InChI=1S/C32H30N6.C14H11ClN2.C4H10N2.CH4/c1-3-11-25(12-4-1)23-37-29-17-9-7-15-27(29)33-31(37)35-19-21-36(22-20-35)32-34-28-16-8-10-18-30(28)38(32)24-26-13-5-2-6-14-26;15-14-16-12-8-4-5-9-13(12)17(14)10-11-6-2-1-3-7-11;1-2-6-4-3-5-1;/h1-18H,19-24H2;1-9H,10H2;5-6H,1-4H2;1H4. The van der Waals surface area contributed by atoms with Crippen molar-refractivity contribution in [1.82, 2.24) is 39.3 Å². The van der Waals surface area contributed by atoms with Gasteiger partial charge < -0.3 is 34.1 Å². The number of aromatic nitrogens is 6. The van der Waals surface area contributed by atoms with E-state index in [4.69, 9.17) is 21.6 Å². The number of halogens is 1. The Kier molecular flexibility index (Phi) is 13.9. The van der Waals surface area contributed by atoms with Gasteiger partial charge in [0.15, 0.2) is 0 Å². The molecule has 2 saturated heterocycles. The number of anilines is 2. The first-order chi connectivity index (χ1) is 30.2. The first kappa shape index (κ1) is 42.2. The molecule has 2 aliphatic rings. The molecule has 316 valence electrons. The van der Waals surface area contributed by atoms with Gasteiger partial charge in [0, 0.05) is 52.4 Å². The number of nitrogens with zero attached hydrogens (tertiary/aromatic N) is 8. The number of piperazine rings is 2. The first-order valence-corrected chi connectivity index (χ1v) is 21.6. The maximum absolute atomic E-state index is 6.17. The molecular formula is C51H55ClN10. The molecule has 2 aliphatic heterocycles. The van der Waals surface area contributed by atoms with Crippen LogP contribution in [0.1, 0.15) is 24.1 Å². The predicted molar refractivity (Wildman–Crippen MR) is 258 cm³/mol. The molecule has 10 nitrogen and oxygen atoms in total.